The number of hydrogen-bond acceptors (Lipinski definition) is 3. The summed E-state index contributed by atoms with van der Waals surface area (Å²) in [7, 11) is 0. The van der Waals surface area contributed by atoms with Gasteiger partial charge in [-0.3, -0.25) is 0 Å². The van der Waals surface area contributed by atoms with E-state index in [1.807, 2.05) is 17.5 Å². The minimum atomic E-state index is -0.672. The summed E-state index contributed by atoms with van der Waals surface area (Å²) in [5.74, 6) is 0.0315. The van der Waals surface area contributed by atoms with E-state index in [1.54, 1.807) is 24.3 Å². The lowest BCUT2D eigenvalue weighted by Crippen LogP contribution is -2.00. The Hall–Kier alpha value is -1.39. The maximum absolute atomic E-state index is 13.1. The van der Waals surface area contributed by atoms with E-state index in [4.69, 9.17) is 4.74 Å². The summed E-state index contributed by atoms with van der Waals surface area (Å²) >= 11 is 1.58. The first kappa shape index (κ1) is 12.1. The molecule has 1 heterocycles. The molecule has 0 saturated carbocycles. The molecule has 0 aliphatic heterocycles. The summed E-state index contributed by atoms with van der Waals surface area (Å²) in [4.78, 5) is 1.06. The lowest BCUT2D eigenvalue weighted by molar-refractivity contribution is 0.190. The lowest BCUT2D eigenvalue weighted by Gasteiger charge is -2.12. The highest BCUT2D eigenvalue weighted by atomic mass is 32.1. The molecule has 1 aromatic carbocycles. The van der Waals surface area contributed by atoms with Crippen LogP contribution in [-0.4, -0.2) is 5.11 Å². The standard InChI is InChI=1S/C13H13FO2S/c1-9(15)12-5-4-10(14)7-13(12)16-8-11-3-2-6-17-11/h2-7,9,15H,8H2,1H3/t9-/m0/s1. The Balaban J connectivity index is 2.16. The number of ether oxygens (including phenoxy) is 1. The van der Waals surface area contributed by atoms with Crippen molar-refractivity contribution in [1.82, 2.24) is 0 Å². The highest BCUT2D eigenvalue weighted by Gasteiger charge is 2.10. The van der Waals surface area contributed by atoms with Crippen LogP contribution in [0.3, 0.4) is 0 Å². The van der Waals surface area contributed by atoms with E-state index in [0.29, 0.717) is 17.9 Å². The molecule has 1 N–H and O–H groups in total. The van der Waals surface area contributed by atoms with E-state index in [-0.39, 0.29) is 5.82 Å². The Labute approximate surface area is 103 Å². The van der Waals surface area contributed by atoms with Gasteiger partial charge in [0.05, 0.1) is 6.10 Å². The van der Waals surface area contributed by atoms with E-state index in [1.165, 1.54) is 12.1 Å². The normalized spacial score (nSPS) is 12.4. The van der Waals surface area contributed by atoms with E-state index < -0.39 is 6.10 Å². The zero-order valence-corrected chi connectivity index (χ0v) is 10.2. The van der Waals surface area contributed by atoms with Crippen molar-refractivity contribution in [2.75, 3.05) is 0 Å². The molecule has 2 aromatic rings. The molecule has 0 aliphatic rings. The van der Waals surface area contributed by atoms with Crippen molar-refractivity contribution in [3.8, 4) is 5.75 Å². The molecule has 0 amide bonds. The van der Waals surface area contributed by atoms with Crippen molar-refractivity contribution >= 4 is 11.3 Å². The molecule has 0 unspecified atom stereocenters. The molecule has 0 bridgehead atoms. The van der Waals surface area contributed by atoms with Crippen molar-refractivity contribution in [1.29, 1.82) is 0 Å². The monoisotopic (exact) mass is 252 g/mol. The van der Waals surface area contributed by atoms with Gasteiger partial charge in [-0.15, -0.1) is 11.3 Å². The number of hydrogen-bond donors (Lipinski definition) is 1. The van der Waals surface area contributed by atoms with E-state index in [2.05, 4.69) is 0 Å². The van der Waals surface area contributed by atoms with E-state index >= 15 is 0 Å². The molecule has 17 heavy (non-hydrogen) atoms. The van der Waals surface area contributed by atoms with Crippen molar-refractivity contribution in [3.63, 3.8) is 0 Å². The predicted molar refractivity (Wildman–Crippen MR) is 65.7 cm³/mol. The number of thiophene rings is 1. The van der Waals surface area contributed by atoms with Crippen LogP contribution in [0.25, 0.3) is 0 Å². The molecule has 0 radical (unpaired) electrons. The van der Waals surface area contributed by atoms with Crippen LogP contribution in [0.2, 0.25) is 0 Å². The minimum Gasteiger partial charge on any atom is -0.488 e. The Bertz CT molecular complexity index is 480. The topological polar surface area (TPSA) is 29.5 Å². The second kappa shape index (κ2) is 5.29. The maximum atomic E-state index is 13.1. The third-order valence-electron chi connectivity index (χ3n) is 2.38. The fourth-order valence-electron chi connectivity index (χ4n) is 1.52. The van der Waals surface area contributed by atoms with Gasteiger partial charge < -0.3 is 9.84 Å². The molecule has 0 saturated heterocycles. The number of aliphatic hydroxyl groups is 1. The van der Waals surface area contributed by atoms with Crippen molar-refractivity contribution in [2.45, 2.75) is 19.6 Å². The number of benzene rings is 1. The van der Waals surface area contributed by atoms with Crippen LogP contribution < -0.4 is 4.74 Å². The molecule has 2 rings (SSSR count). The quantitative estimate of drug-likeness (QED) is 0.902. The summed E-state index contributed by atoms with van der Waals surface area (Å²) in [5, 5.41) is 11.5. The number of halogens is 1. The zero-order chi connectivity index (χ0) is 12.3. The largest absolute Gasteiger partial charge is 0.488 e. The van der Waals surface area contributed by atoms with Crippen LogP contribution in [0.1, 0.15) is 23.5 Å². The second-order valence-electron chi connectivity index (χ2n) is 3.73. The van der Waals surface area contributed by atoms with Gasteiger partial charge in [0.1, 0.15) is 18.2 Å². The van der Waals surface area contributed by atoms with E-state index in [9.17, 15) is 9.50 Å². The van der Waals surface area contributed by atoms with Gasteiger partial charge in [-0.2, -0.15) is 0 Å². The Kier molecular flexibility index (Phi) is 3.76. The average molecular weight is 252 g/mol. The first-order chi connectivity index (χ1) is 8.16. The van der Waals surface area contributed by atoms with E-state index in [0.717, 1.165) is 4.88 Å². The van der Waals surface area contributed by atoms with Gasteiger partial charge in [0, 0.05) is 16.5 Å². The highest BCUT2D eigenvalue weighted by molar-refractivity contribution is 7.09. The van der Waals surface area contributed by atoms with Gasteiger partial charge in [-0.25, -0.2) is 4.39 Å². The van der Waals surface area contributed by atoms with Crippen LogP contribution in [0.5, 0.6) is 5.75 Å². The Morgan fingerprint density at radius 1 is 1.41 bits per heavy atom. The Morgan fingerprint density at radius 3 is 2.88 bits per heavy atom. The zero-order valence-electron chi connectivity index (χ0n) is 9.39. The molecular formula is C13H13FO2S. The second-order valence-corrected chi connectivity index (χ2v) is 4.76. The summed E-state index contributed by atoms with van der Waals surface area (Å²) in [6.07, 6.45) is -0.672. The first-order valence-electron chi connectivity index (χ1n) is 5.29. The third-order valence-corrected chi connectivity index (χ3v) is 3.23. The van der Waals surface area contributed by atoms with Crippen molar-refractivity contribution in [3.05, 3.63) is 52.0 Å². The molecule has 4 heteroatoms. The summed E-state index contributed by atoms with van der Waals surface area (Å²) in [6.45, 7) is 2.02. The van der Waals surface area contributed by atoms with Crippen LogP contribution in [0, 0.1) is 5.82 Å². The van der Waals surface area contributed by atoms with Crippen LogP contribution in [0.4, 0.5) is 4.39 Å². The van der Waals surface area contributed by atoms with Gasteiger partial charge in [-0.1, -0.05) is 6.07 Å². The molecule has 0 spiro atoms. The van der Waals surface area contributed by atoms with Crippen molar-refractivity contribution < 1.29 is 14.2 Å². The summed E-state index contributed by atoms with van der Waals surface area (Å²) in [5.41, 5.74) is 0.600. The number of rotatable bonds is 4. The molecule has 0 fully saturated rings. The van der Waals surface area contributed by atoms with Crippen molar-refractivity contribution in [2.24, 2.45) is 0 Å². The molecular weight excluding hydrogens is 239 g/mol. The predicted octanol–water partition coefficient (Wildman–Crippen LogP) is 3.52. The molecule has 1 atom stereocenters. The first-order valence-corrected chi connectivity index (χ1v) is 6.17. The fourth-order valence-corrected chi connectivity index (χ4v) is 2.14. The molecule has 1 aromatic heterocycles. The fraction of sp³-hybridized carbons (Fsp3) is 0.231. The third kappa shape index (κ3) is 3.05. The summed E-state index contributed by atoms with van der Waals surface area (Å²) in [6, 6.07) is 8.05. The summed E-state index contributed by atoms with van der Waals surface area (Å²) < 4.78 is 18.7. The Morgan fingerprint density at radius 2 is 2.24 bits per heavy atom. The SMILES string of the molecule is C[C@H](O)c1ccc(F)cc1OCc1cccs1. The highest BCUT2D eigenvalue weighted by Crippen LogP contribution is 2.27. The van der Waals surface area contributed by atoms with Gasteiger partial charge in [0.2, 0.25) is 0 Å². The lowest BCUT2D eigenvalue weighted by atomic mass is 10.1. The van der Waals surface area contributed by atoms with Gasteiger partial charge in [0.25, 0.3) is 0 Å². The van der Waals surface area contributed by atoms with Gasteiger partial charge in [-0.05, 0) is 30.5 Å². The molecule has 2 nitrogen and oxygen atoms in total. The molecule has 90 valence electrons. The van der Waals surface area contributed by atoms with Crippen LogP contribution >= 0.6 is 11.3 Å². The number of aliphatic hydroxyl groups excluding tert-OH is 1. The maximum Gasteiger partial charge on any atom is 0.128 e. The molecule has 0 aliphatic carbocycles. The smallest absolute Gasteiger partial charge is 0.128 e. The average Bonchev–Trinajstić information content (AvgIpc) is 2.78. The van der Waals surface area contributed by atoms with Crippen LogP contribution in [0.15, 0.2) is 35.7 Å². The van der Waals surface area contributed by atoms with Gasteiger partial charge in [0.15, 0.2) is 0 Å². The van der Waals surface area contributed by atoms with Gasteiger partial charge >= 0.3 is 0 Å². The minimum absolute atomic E-state index is 0.365. The van der Waals surface area contributed by atoms with Crippen LogP contribution in [-0.2, 0) is 6.61 Å².